The van der Waals surface area contributed by atoms with E-state index in [1.54, 1.807) is 6.07 Å². The monoisotopic (exact) mass is 266 g/mol. The molecule has 2 nitrogen and oxygen atoms in total. The van der Waals surface area contributed by atoms with Crippen LogP contribution in [0, 0.1) is 12.7 Å². The van der Waals surface area contributed by atoms with Crippen LogP contribution in [0.5, 0.6) is 0 Å². The van der Waals surface area contributed by atoms with E-state index in [1.165, 1.54) is 6.07 Å². The Labute approximate surface area is 111 Å². The molecule has 1 heterocycles. The summed E-state index contributed by atoms with van der Waals surface area (Å²) in [6.07, 6.45) is 0.852. The second-order valence-corrected chi connectivity index (χ2v) is 4.65. The van der Waals surface area contributed by atoms with Crippen molar-refractivity contribution in [1.82, 2.24) is 4.98 Å². The highest BCUT2D eigenvalue weighted by atomic mass is 35.5. The lowest BCUT2D eigenvalue weighted by Gasteiger charge is -2.15. The van der Waals surface area contributed by atoms with Gasteiger partial charge >= 0.3 is 0 Å². The fourth-order valence-corrected chi connectivity index (χ4v) is 2.47. The lowest BCUT2D eigenvalue weighted by molar-refractivity contribution is 0.636. The third kappa shape index (κ3) is 2.15. The summed E-state index contributed by atoms with van der Waals surface area (Å²) < 4.78 is 13.9. The van der Waals surface area contributed by atoms with Gasteiger partial charge in [-0.1, -0.05) is 18.5 Å². The van der Waals surface area contributed by atoms with E-state index in [4.69, 9.17) is 11.6 Å². The Kier molecular flexibility index (Phi) is 3.71. The summed E-state index contributed by atoms with van der Waals surface area (Å²) in [5, 5.41) is 4.45. The van der Waals surface area contributed by atoms with Crippen LogP contribution in [0.25, 0.3) is 10.9 Å². The number of pyridine rings is 1. The number of hydrogen-bond donors (Lipinski definition) is 1. The van der Waals surface area contributed by atoms with Crippen LogP contribution < -0.4 is 5.32 Å². The normalized spacial score (nSPS) is 10.9. The molecule has 0 aliphatic rings. The number of aromatic nitrogens is 1. The van der Waals surface area contributed by atoms with Crippen LogP contribution in [-0.2, 0) is 6.42 Å². The lowest BCUT2D eigenvalue weighted by atomic mass is 10.0. The van der Waals surface area contributed by atoms with Gasteiger partial charge < -0.3 is 5.32 Å². The number of rotatable bonds is 3. The van der Waals surface area contributed by atoms with Gasteiger partial charge in [0, 0.05) is 28.3 Å². The molecule has 1 aromatic heterocycles. The first-order chi connectivity index (χ1) is 8.58. The van der Waals surface area contributed by atoms with Crippen molar-refractivity contribution in [3.05, 3.63) is 34.2 Å². The van der Waals surface area contributed by atoms with E-state index in [2.05, 4.69) is 17.2 Å². The minimum absolute atomic E-state index is 0.373. The SMILES string of the molecule is CCNc1c(CC)c(C)nc2c(F)cc(Cl)cc12. The fraction of sp³-hybridized carbons (Fsp3) is 0.357. The van der Waals surface area contributed by atoms with Crippen LogP contribution in [0.2, 0.25) is 5.02 Å². The average molecular weight is 267 g/mol. The second kappa shape index (κ2) is 5.11. The summed E-state index contributed by atoms with van der Waals surface area (Å²) in [5.74, 6) is -0.373. The van der Waals surface area contributed by atoms with E-state index in [9.17, 15) is 4.39 Å². The number of nitrogens with one attached hydrogen (secondary N) is 1. The van der Waals surface area contributed by atoms with E-state index in [0.717, 1.165) is 35.3 Å². The molecular formula is C14H16ClFN2. The molecule has 0 saturated heterocycles. The number of fused-ring (bicyclic) bond motifs is 1. The summed E-state index contributed by atoms with van der Waals surface area (Å²) in [5.41, 5.74) is 3.31. The maximum atomic E-state index is 13.9. The third-order valence-corrected chi connectivity index (χ3v) is 3.24. The Morgan fingerprint density at radius 1 is 1.33 bits per heavy atom. The fourth-order valence-electron chi connectivity index (χ4n) is 2.26. The van der Waals surface area contributed by atoms with Crippen molar-refractivity contribution in [2.75, 3.05) is 11.9 Å². The van der Waals surface area contributed by atoms with Crippen LogP contribution in [0.15, 0.2) is 12.1 Å². The van der Waals surface area contributed by atoms with Crippen LogP contribution in [0.4, 0.5) is 10.1 Å². The molecule has 18 heavy (non-hydrogen) atoms. The molecule has 0 amide bonds. The Morgan fingerprint density at radius 2 is 2.06 bits per heavy atom. The second-order valence-electron chi connectivity index (χ2n) is 4.22. The van der Waals surface area contributed by atoms with Gasteiger partial charge in [0.15, 0.2) is 5.82 Å². The van der Waals surface area contributed by atoms with Gasteiger partial charge in [-0.3, -0.25) is 0 Å². The van der Waals surface area contributed by atoms with Crippen LogP contribution in [0.1, 0.15) is 25.1 Å². The molecule has 0 unspecified atom stereocenters. The smallest absolute Gasteiger partial charge is 0.150 e. The molecule has 0 radical (unpaired) electrons. The van der Waals surface area contributed by atoms with Crippen molar-refractivity contribution in [2.45, 2.75) is 27.2 Å². The number of nitrogens with zero attached hydrogens (tertiary/aromatic N) is 1. The number of halogens is 2. The number of benzene rings is 1. The van der Waals surface area contributed by atoms with Gasteiger partial charge in [0.25, 0.3) is 0 Å². The summed E-state index contributed by atoms with van der Waals surface area (Å²) >= 11 is 5.94. The first-order valence-corrected chi connectivity index (χ1v) is 6.48. The van der Waals surface area contributed by atoms with Crippen LogP contribution in [-0.4, -0.2) is 11.5 Å². The highest BCUT2D eigenvalue weighted by Gasteiger charge is 2.14. The minimum Gasteiger partial charge on any atom is -0.384 e. The van der Waals surface area contributed by atoms with Crippen LogP contribution in [0.3, 0.4) is 0 Å². The largest absolute Gasteiger partial charge is 0.384 e. The van der Waals surface area contributed by atoms with Gasteiger partial charge in [-0.15, -0.1) is 0 Å². The van der Waals surface area contributed by atoms with E-state index < -0.39 is 0 Å². The van der Waals surface area contributed by atoms with Crippen molar-refractivity contribution in [3.8, 4) is 0 Å². The van der Waals surface area contributed by atoms with Crippen molar-refractivity contribution >= 4 is 28.2 Å². The number of anilines is 1. The highest BCUT2D eigenvalue weighted by molar-refractivity contribution is 6.31. The standard InChI is InChI=1S/C14H16ClFN2/c1-4-10-8(3)18-14-11(13(10)17-5-2)6-9(15)7-12(14)16/h6-7H,4-5H2,1-3H3,(H,17,18). The molecule has 2 rings (SSSR count). The van der Waals surface area contributed by atoms with E-state index in [1.807, 2.05) is 13.8 Å². The van der Waals surface area contributed by atoms with Gasteiger partial charge in [-0.05, 0) is 38.0 Å². The summed E-state index contributed by atoms with van der Waals surface area (Å²) in [6, 6.07) is 3.07. The van der Waals surface area contributed by atoms with Crippen molar-refractivity contribution in [1.29, 1.82) is 0 Å². The lowest BCUT2D eigenvalue weighted by Crippen LogP contribution is -2.05. The van der Waals surface area contributed by atoms with Gasteiger partial charge in [0.05, 0.1) is 0 Å². The molecule has 0 bridgehead atoms. The molecule has 2 aromatic rings. The van der Waals surface area contributed by atoms with E-state index >= 15 is 0 Å². The maximum Gasteiger partial charge on any atom is 0.150 e. The van der Waals surface area contributed by atoms with Crippen molar-refractivity contribution in [3.63, 3.8) is 0 Å². The van der Waals surface area contributed by atoms with Gasteiger partial charge in [0.1, 0.15) is 5.52 Å². The molecule has 0 aliphatic heterocycles. The maximum absolute atomic E-state index is 13.9. The molecule has 0 saturated carbocycles. The molecular weight excluding hydrogens is 251 g/mol. The zero-order chi connectivity index (χ0) is 13.3. The van der Waals surface area contributed by atoms with Gasteiger partial charge in [-0.25, -0.2) is 9.37 Å². The zero-order valence-electron chi connectivity index (χ0n) is 10.8. The average Bonchev–Trinajstić information content (AvgIpc) is 2.31. The molecule has 0 fully saturated rings. The molecule has 96 valence electrons. The summed E-state index contributed by atoms with van der Waals surface area (Å²) in [7, 11) is 0. The van der Waals surface area contributed by atoms with Crippen molar-refractivity contribution in [2.24, 2.45) is 0 Å². The Bertz CT molecular complexity index is 596. The Hall–Kier alpha value is -1.35. The summed E-state index contributed by atoms with van der Waals surface area (Å²) in [4.78, 5) is 4.36. The first-order valence-electron chi connectivity index (χ1n) is 6.10. The van der Waals surface area contributed by atoms with Crippen molar-refractivity contribution < 1.29 is 4.39 Å². The number of hydrogen-bond acceptors (Lipinski definition) is 2. The molecule has 4 heteroatoms. The van der Waals surface area contributed by atoms with E-state index in [-0.39, 0.29) is 5.82 Å². The van der Waals surface area contributed by atoms with Crippen LogP contribution >= 0.6 is 11.6 Å². The molecule has 0 aliphatic carbocycles. The summed E-state index contributed by atoms with van der Waals surface area (Å²) in [6.45, 7) is 6.77. The molecule has 0 spiro atoms. The predicted molar refractivity (Wildman–Crippen MR) is 75.0 cm³/mol. The minimum atomic E-state index is -0.373. The number of aryl methyl sites for hydroxylation is 1. The molecule has 1 N–H and O–H groups in total. The zero-order valence-corrected chi connectivity index (χ0v) is 11.5. The Balaban J connectivity index is 2.87. The molecule has 1 aromatic carbocycles. The van der Waals surface area contributed by atoms with E-state index in [0.29, 0.717) is 10.5 Å². The van der Waals surface area contributed by atoms with Gasteiger partial charge in [0.2, 0.25) is 0 Å². The Morgan fingerprint density at radius 3 is 2.67 bits per heavy atom. The topological polar surface area (TPSA) is 24.9 Å². The predicted octanol–water partition coefficient (Wildman–Crippen LogP) is 4.33. The highest BCUT2D eigenvalue weighted by Crippen LogP contribution is 2.32. The van der Waals surface area contributed by atoms with Gasteiger partial charge in [-0.2, -0.15) is 0 Å². The quantitative estimate of drug-likeness (QED) is 0.894. The first kappa shape index (κ1) is 13.1. The third-order valence-electron chi connectivity index (χ3n) is 3.02. The molecule has 0 atom stereocenters.